The second-order valence-corrected chi connectivity index (χ2v) is 18.2. The number of hydrogen-bond donors (Lipinski definition) is 4. The third-order valence-electron chi connectivity index (χ3n) is 14.7. The molecule has 3 aliphatic heterocycles. The van der Waals surface area contributed by atoms with Crippen molar-refractivity contribution >= 4 is 6.16 Å². The Morgan fingerprint density at radius 2 is 0.646 bits per heavy atom. The molecule has 5 aromatic carbocycles. The first kappa shape index (κ1) is 38.7. The maximum Gasteiger partial charge on any atom is 0.519 e. The zero-order valence-corrected chi connectivity index (χ0v) is 36.4. The summed E-state index contributed by atoms with van der Waals surface area (Å²) in [6, 6.07) is 59.6. The summed E-state index contributed by atoms with van der Waals surface area (Å²) in [4.78, 5) is 29.5. The Bertz CT molecular complexity index is 3110. The van der Waals surface area contributed by atoms with Crippen LogP contribution in [-0.2, 0) is 21.7 Å². The number of aromatic nitrogens is 4. The normalized spacial score (nSPS) is 24.0. The molecule has 4 N–H and O–H groups in total. The van der Waals surface area contributed by atoms with E-state index in [-0.39, 0.29) is 0 Å². The van der Waals surface area contributed by atoms with E-state index in [4.69, 9.17) is 18.9 Å². The van der Waals surface area contributed by atoms with Crippen LogP contribution in [0.2, 0.25) is 0 Å². The Balaban J connectivity index is 1.19. The first-order valence-electron chi connectivity index (χ1n) is 22.0. The van der Waals surface area contributed by atoms with E-state index in [2.05, 4.69) is 133 Å². The monoisotopic (exact) mass is 854 g/mol. The number of carbonyl (C=O) groups excluding carboxylic acids is 1. The van der Waals surface area contributed by atoms with E-state index in [0.717, 1.165) is 73.4 Å². The summed E-state index contributed by atoms with van der Waals surface area (Å²) >= 11 is 0. The SMILES string of the molecule is CC12c3cccc(c3)OC(=O)Oc3cccc(c3)C(C)(c3ccc1[nH]3)c1ccc([nH]1)C1(C)c3cccc(c3)OC(c3ccccc3)Oc3cccc(c3)C(C)(c3ccc2[nH]3)c2ccc1[nH]2. The van der Waals surface area contributed by atoms with Crippen molar-refractivity contribution < 1.29 is 23.7 Å². The van der Waals surface area contributed by atoms with Crippen molar-refractivity contribution in [1.82, 2.24) is 19.9 Å². The maximum absolute atomic E-state index is 13.5. The van der Waals surface area contributed by atoms with Crippen molar-refractivity contribution in [3.63, 3.8) is 0 Å². The van der Waals surface area contributed by atoms with Gasteiger partial charge in [0.05, 0.1) is 21.7 Å². The lowest BCUT2D eigenvalue weighted by Crippen LogP contribution is -2.32. The molecular weight excluding hydrogens is 809 g/mol. The average Bonchev–Trinajstić information content (AvgIpc) is 4.19. The zero-order valence-electron chi connectivity index (χ0n) is 36.4. The summed E-state index contributed by atoms with van der Waals surface area (Å²) < 4.78 is 25.5. The highest BCUT2D eigenvalue weighted by Crippen LogP contribution is 2.49. The Labute approximate surface area is 376 Å². The summed E-state index contributed by atoms with van der Waals surface area (Å²) in [7, 11) is 0. The van der Waals surface area contributed by atoms with Gasteiger partial charge in [0.1, 0.15) is 23.0 Å². The van der Waals surface area contributed by atoms with E-state index < -0.39 is 34.1 Å². The topological polar surface area (TPSA) is 117 Å². The second kappa shape index (κ2) is 14.0. The van der Waals surface area contributed by atoms with Crippen molar-refractivity contribution in [2.45, 2.75) is 55.6 Å². The summed E-state index contributed by atoms with van der Waals surface area (Å²) in [6.45, 7) is 8.92. The smallest absolute Gasteiger partial charge is 0.451 e. The zero-order chi connectivity index (χ0) is 44.1. The molecule has 0 radical (unpaired) electrons. The van der Waals surface area contributed by atoms with Gasteiger partial charge in [-0.25, -0.2) is 4.79 Å². The van der Waals surface area contributed by atoms with Crippen LogP contribution in [0.1, 0.15) is 107 Å². The highest BCUT2D eigenvalue weighted by molar-refractivity contribution is 5.68. The Kier molecular flexibility index (Phi) is 8.37. The van der Waals surface area contributed by atoms with Gasteiger partial charge in [0, 0.05) is 51.1 Å². The molecule has 0 amide bonds. The van der Waals surface area contributed by atoms with Crippen LogP contribution in [0.5, 0.6) is 23.0 Å². The van der Waals surface area contributed by atoms with E-state index in [0.29, 0.717) is 23.0 Å². The quantitative estimate of drug-likeness (QED) is 0.0969. The fourth-order valence-corrected chi connectivity index (χ4v) is 10.5. The van der Waals surface area contributed by atoms with Gasteiger partial charge in [0.2, 0.25) is 0 Å². The molecule has 12 rings (SSSR count). The van der Waals surface area contributed by atoms with Crippen LogP contribution in [0.15, 0.2) is 176 Å². The second-order valence-electron chi connectivity index (χ2n) is 18.2. The number of nitrogens with one attached hydrogen (secondary N) is 4. The van der Waals surface area contributed by atoms with Gasteiger partial charge in [-0.05, 0) is 147 Å². The molecule has 0 spiro atoms. The van der Waals surface area contributed by atoms with Crippen LogP contribution in [0.3, 0.4) is 0 Å². The highest BCUT2D eigenvalue weighted by Gasteiger charge is 2.44. The molecular formula is C56H46N4O5. The number of H-pyrrole nitrogens is 4. The minimum Gasteiger partial charge on any atom is -0.451 e. The van der Waals surface area contributed by atoms with Gasteiger partial charge in [0.15, 0.2) is 0 Å². The average molecular weight is 855 g/mol. The summed E-state index contributed by atoms with van der Waals surface area (Å²) in [5.74, 6) is 2.08. The van der Waals surface area contributed by atoms with E-state index in [9.17, 15) is 4.79 Å². The highest BCUT2D eigenvalue weighted by atomic mass is 16.7. The Morgan fingerprint density at radius 3 is 0.969 bits per heavy atom. The van der Waals surface area contributed by atoms with Gasteiger partial charge in [-0.15, -0.1) is 0 Å². The Morgan fingerprint density at radius 1 is 0.354 bits per heavy atom. The van der Waals surface area contributed by atoms with Gasteiger partial charge < -0.3 is 38.9 Å². The van der Waals surface area contributed by atoms with Crippen molar-refractivity contribution in [2.75, 3.05) is 0 Å². The van der Waals surface area contributed by atoms with Crippen molar-refractivity contribution in [2.24, 2.45) is 0 Å². The molecule has 320 valence electrons. The van der Waals surface area contributed by atoms with Gasteiger partial charge in [0.25, 0.3) is 6.29 Å². The minimum atomic E-state index is -0.817. The lowest BCUT2D eigenvalue weighted by atomic mass is 9.76. The minimum absolute atomic E-state index is 0.372. The van der Waals surface area contributed by atoms with E-state index in [1.54, 1.807) is 12.1 Å². The fraction of sp³-hybridized carbons (Fsp3) is 0.161. The lowest BCUT2D eigenvalue weighted by molar-refractivity contribution is 0.00364. The predicted molar refractivity (Wildman–Crippen MR) is 248 cm³/mol. The van der Waals surface area contributed by atoms with Crippen molar-refractivity contribution in [3.8, 4) is 23.0 Å². The molecule has 4 atom stereocenters. The van der Waals surface area contributed by atoms with Crippen LogP contribution in [-0.4, -0.2) is 26.1 Å². The van der Waals surface area contributed by atoms with Crippen LogP contribution < -0.4 is 18.9 Å². The van der Waals surface area contributed by atoms with Gasteiger partial charge in [-0.2, -0.15) is 0 Å². The van der Waals surface area contributed by atoms with Crippen molar-refractivity contribution in [1.29, 1.82) is 0 Å². The standard InChI is InChI=1S/C56H46N4O5/c1-53-35-14-8-18-39(30-35)62-51(34-12-6-5-7-13-34)63-40-19-9-15-36(31-40)54(2,44-23-22-43(53)57-44)46-25-27-48(59-46)56(4)38-17-11-21-42(33-38)65-52(61)64-41-20-10-16-37(32-41)55(3,47-26-24-45(53)58-47)49-28-29-50(56)60-49/h5-33,51,57-60H,1-4H3. The number of hydrogen-bond acceptors (Lipinski definition) is 5. The van der Waals surface area contributed by atoms with Crippen molar-refractivity contribution in [3.05, 3.63) is 249 Å². The van der Waals surface area contributed by atoms with Crippen LogP contribution in [0.4, 0.5) is 4.79 Å². The molecule has 0 saturated heterocycles. The Hall–Kier alpha value is -7.91. The molecule has 3 aliphatic rings. The number of carbonyl (C=O) groups is 1. The van der Waals surface area contributed by atoms with Crippen LogP contribution in [0.25, 0.3) is 0 Å². The third-order valence-corrected chi connectivity index (χ3v) is 14.7. The number of ether oxygens (including phenoxy) is 4. The molecule has 0 fully saturated rings. The van der Waals surface area contributed by atoms with Gasteiger partial charge >= 0.3 is 6.16 Å². The summed E-state index contributed by atoms with van der Waals surface area (Å²) in [5.41, 5.74) is 9.27. The fourth-order valence-electron chi connectivity index (χ4n) is 10.5. The molecule has 4 aromatic heterocycles. The van der Waals surface area contributed by atoms with Gasteiger partial charge in [-0.3, -0.25) is 0 Å². The molecule has 7 heterocycles. The largest absolute Gasteiger partial charge is 0.519 e. The molecule has 9 heteroatoms. The van der Waals surface area contributed by atoms with Crippen LogP contribution >= 0.6 is 0 Å². The van der Waals surface area contributed by atoms with E-state index >= 15 is 0 Å². The molecule has 20 bridgehead atoms. The maximum atomic E-state index is 13.5. The number of aromatic amines is 4. The molecule has 65 heavy (non-hydrogen) atoms. The first-order chi connectivity index (χ1) is 31.5. The van der Waals surface area contributed by atoms with Crippen LogP contribution in [0, 0.1) is 0 Å². The third kappa shape index (κ3) is 5.81. The predicted octanol–water partition coefficient (Wildman–Crippen LogP) is 12.1. The molecule has 9 nitrogen and oxygen atoms in total. The number of rotatable bonds is 1. The molecule has 0 saturated carbocycles. The van der Waals surface area contributed by atoms with Gasteiger partial charge in [-0.1, -0.05) is 78.9 Å². The molecule has 9 aromatic rings. The number of benzene rings is 5. The van der Waals surface area contributed by atoms with E-state index in [1.165, 1.54) is 0 Å². The summed E-state index contributed by atoms with van der Waals surface area (Å²) in [6.07, 6.45) is -1.56. The summed E-state index contributed by atoms with van der Waals surface area (Å²) in [5, 5.41) is 0. The first-order valence-corrected chi connectivity index (χ1v) is 22.0. The van der Waals surface area contributed by atoms with E-state index in [1.807, 2.05) is 78.9 Å². The lowest BCUT2D eigenvalue weighted by Gasteiger charge is -2.34. The molecule has 0 aliphatic carbocycles. The molecule has 4 unspecified atom stereocenters. The number of fused-ring (bicyclic) bond motifs is 20.